The van der Waals surface area contributed by atoms with E-state index in [0.29, 0.717) is 12.3 Å². The zero-order valence-electron chi connectivity index (χ0n) is 19.5. The van der Waals surface area contributed by atoms with Crippen molar-refractivity contribution in [2.75, 3.05) is 39.3 Å². The van der Waals surface area contributed by atoms with Crippen LogP contribution in [0.15, 0.2) is 28.8 Å². The lowest BCUT2D eigenvalue weighted by Gasteiger charge is -2.32. The SMILES string of the molecule is O=C(Cc1noc2ccccc12)N1CCC(CNCCCCNCC2CCCCC2)CC1. The average molecular weight is 441 g/mol. The Kier molecular flexibility index (Phi) is 8.97. The molecule has 0 atom stereocenters. The lowest BCUT2D eigenvalue weighted by Crippen LogP contribution is -2.41. The molecule has 0 spiro atoms. The quantitative estimate of drug-likeness (QED) is 0.514. The molecule has 1 saturated carbocycles. The minimum absolute atomic E-state index is 0.163. The Labute approximate surface area is 192 Å². The second kappa shape index (κ2) is 12.4. The number of nitrogens with one attached hydrogen (secondary N) is 2. The summed E-state index contributed by atoms with van der Waals surface area (Å²) < 4.78 is 5.33. The molecular formula is C26H40N4O2. The minimum atomic E-state index is 0.163. The van der Waals surface area contributed by atoms with E-state index in [9.17, 15) is 4.79 Å². The first-order valence-electron chi connectivity index (χ1n) is 12.8. The standard InChI is InChI=1S/C26H40N4O2/c31-26(18-24-23-10-4-5-11-25(23)32-29-24)30-16-12-22(13-17-30)20-28-15-7-6-14-27-19-21-8-2-1-3-9-21/h4-5,10-11,21-22,27-28H,1-3,6-9,12-20H2. The van der Waals surface area contributed by atoms with Crippen molar-refractivity contribution >= 4 is 16.9 Å². The van der Waals surface area contributed by atoms with Crippen molar-refractivity contribution in [1.82, 2.24) is 20.7 Å². The molecule has 0 radical (unpaired) electrons. The van der Waals surface area contributed by atoms with Crippen LogP contribution in [-0.4, -0.2) is 55.2 Å². The van der Waals surface area contributed by atoms with Gasteiger partial charge in [-0.3, -0.25) is 4.79 Å². The number of carbonyl (C=O) groups is 1. The zero-order chi connectivity index (χ0) is 22.0. The number of carbonyl (C=O) groups excluding carboxylic acids is 1. The molecule has 2 N–H and O–H groups in total. The second-order valence-electron chi connectivity index (χ2n) is 9.75. The number of para-hydroxylation sites is 1. The maximum absolute atomic E-state index is 12.7. The van der Waals surface area contributed by atoms with Gasteiger partial charge in [-0.25, -0.2) is 0 Å². The van der Waals surface area contributed by atoms with Gasteiger partial charge in [0.05, 0.1) is 6.42 Å². The van der Waals surface area contributed by atoms with Gasteiger partial charge in [0.2, 0.25) is 5.91 Å². The van der Waals surface area contributed by atoms with E-state index in [1.165, 1.54) is 51.5 Å². The molecule has 0 bridgehead atoms. The van der Waals surface area contributed by atoms with Crippen molar-refractivity contribution in [2.45, 2.75) is 64.2 Å². The Balaban J connectivity index is 1.04. The summed E-state index contributed by atoms with van der Waals surface area (Å²) >= 11 is 0. The number of unbranched alkanes of at least 4 members (excludes halogenated alkanes) is 1. The van der Waals surface area contributed by atoms with Crippen LogP contribution in [0.1, 0.15) is 63.5 Å². The number of nitrogens with zero attached hydrogens (tertiary/aromatic N) is 2. The van der Waals surface area contributed by atoms with E-state index in [-0.39, 0.29) is 5.91 Å². The molecule has 0 unspecified atom stereocenters. The molecule has 2 fully saturated rings. The van der Waals surface area contributed by atoms with E-state index >= 15 is 0 Å². The zero-order valence-corrected chi connectivity index (χ0v) is 19.5. The Bertz CT molecular complexity index is 822. The van der Waals surface area contributed by atoms with Gasteiger partial charge in [-0.05, 0) is 88.7 Å². The molecular weight excluding hydrogens is 400 g/mol. The molecule has 6 heteroatoms. The lowest BCUT2D eigenvalue weighted by molar-refractivity contribution is -0.131. The predicted molar refractivity (Wildman–Crippen MR) is 129 cm³/mol. The van der Waals surface area contributed by atoms with Crippen molar-refractivity contribution in [3.05, 3.63) is 30.0 Å². The molecule has 2 heterocycles. The van der Waals surface area contributed by atoms with E-state index < -0.39 is 0 Å². The number of rotatable bonds is 11. The van der Waals surface area contributed by atoms with E-state index in [2.05, 4.69) is 15.8 Å². The van der Waals surface area contributed by atoms with E-state index in [4.69, 9.17) is 4.52 Å². The molecule has 2 aromatic rings. The summed E-state index contributed by atoms with van der Waals surface area (Å²) in [5.41, 5.74) is 1.50. The van der Waals surface area contributed by atoms with Crippen molar-refractivity contribution in [2.24, 2.45) is 11.8 Å². The Morgan fingerprint density at radius 2 is 1.59 bits per heavy atom. The number of hydrogen-bond donors (Lipinski definition) is 2. The molecule has 2 aliphatic rings. The van der Waals surface area contributed by atoms with E-state index in [1.54, 1.807) is 0 Å². The van der Waals surface area contributed by atoms with Crippen molar-refractivity contribution < 1.29 is 9.32 Å². The van der Waals surface area contributed by atoms with Crippen molar-refractivity contribution in [3.63, 3.8) is 0 Å². The number of hydrogen-bond acceptors (Lipinski definition) is 5. The number of piperidine rings is 1. The summed E-state index contributed by atoms with van der Waals surface area (Å²) in [6, 6.07) is 7.75. The Morgan fingerprint density at radius 1 is 0.938 bits per heavy atom. The summed E-state index contributed by atoms with van der Waals surface area (Å²) in [7, 11) is 0. The summed E-state index contributed by atoms with van der Waals surface area (Å²) in [5, 5.41) is 12.4. The molecule has 1 aromatic carbocycles. The smallest absolute Gasteiger partial charge is 0.228 e. The maximum Gasteiger partial charge on any atom is 0.228 e. The first-order chi connectivity index (χ1) is 15.8. The van der Waals surface area contributed by atoms with Crippen molar-refractivity contribution in [1.29, 1.82) is 0 Å². The topological polar surface area (TPSA) is 70.4 Å². The molecule has 1 amide bonds. The van der Waals surface area contributed by atoms with Gasteiger partial charge in [-0.1, -0.05) is 36.6 Å². The highest BCUT2D eigenvalue weighted by atomic mass is 16.5. The second-order valence-corrected chi connectivity index (χ2v) is 9.75. The highest BCUT2D eigenvalue weighted by molar-refractivity contribution is 5.86. The van der Waals surface area contributed by atoms with Gasteiger partial charge in [-0.15, -0.1) is 0 Å². The number of aromatic nitrogens is 1. The Morgan fingerprint density at radius 3 is 2.31 bits per heavy atom. The van der Waals surface area contributed by atoms with Gasteiger partial charge >= 0.3 is 0 Å². The van der Waals surface area contributed by atoms with Crippen LogP contribution in [-0.2, 0) is 11.2 Å². The van der Waals surface area contributed by atoms with Gasteiger partial charge in [0, 0.05) is 18.5 Å². The fraction of sp³-hybridized carbons (Fsp3) is 0.692. The highest BCUT2D eigenvalue weighted by Crippen LogP contribution is 2.23. The monoisotopic (exact) mass is 440 g/mol. The van der Waals surface area contributed by atoms with Crippen LogP contribution in [0.5, 0.6) is 0 Å². The number of amides is 1. The summed E-state index contributed by atoms with van der Waals surface area (Å²) in [6.07, 6.45) is 12.1. The number of likely N-dealkylation sites (tertiary alicyclic amines) is 1. The average Bonchev–Trinajstić information content (AvgIpc) is 3.24. The molecule has 1 aromatic heterocycles. The molecule has 6 nitrogen and oxygen atoms in total. The molecule has 1 aliphatic carbocycles. The fourth-order valence-electron chi connectivity index (χ4n) is 5.21. The third kappa shape index (κ3) is 6.79. The van der Waals surface area contributed by atoms with Crippen LogP contribution < -0.4 is 10.6 Å². The van der Waals surface area contributed by atoms with Gasteiger partial charge in [0.15, 0.2) is 5.58 Å². The third-order valence-electron chi connectivity index (χ3n) is 7.29. The molecule has 32 heavy (non-hydrogen) atoms. The molecule has 1 aliphatic heterocycles. The van der Waals surface area contributed by atoms with Crippen LogP contribution >= 0.6 is 0 Å². The summed E-state index contributed by atoms with van der Waals surface area (Å²) in [4.78, 5) is 14.7. The van der Waals surface area contributed by atoms with Crippen LogP contribution in [0.4, 0.5) is 0 Å². The van der Waals surface area contributed by atoms with Gasteiger partial charge in [0.25, 0.3) is 0 Å². The predicted octanol–water partition coefficient (Wildman–Crippen LogP) is 4.15. The minimum Gasteiger partial charge on any atom is -0.356 e. The van der Waals surface area contributed by atoms with Gasteiger partial charge in [0.1, 0.15) is 5.69 Å². The summed E-state index contributed by atoms with van der Waals surface area (Å²) in [6.45, 7) is 6.25. The van der Waals surface area contributed by atoms with Crippen molar-refractivity contribution in [3.8, 4) is 0 Å². The first-order valence-corrected chi connectivity index (χ1v) is 12.8. The highest BCUT2D eigenvalue weighted by Gasteiger charge is 2.24. The molecule has 4 rings (SSSR count). The summed E-state index contributed by atoms with van der Waals surface area (Å²) in [5.74, 6) is 1.77. The van der Waals surface area contributed by atoms with E-state index in [0.717, 1.165) is 68.1 Å². The van der Waals surface area contributed by atoms with Crippen LogP contribution in [0, 0.1) is 11.8 Å². The maximum atomic E-state index is 12.7. The number of fused-ring (bicyclic) bond motifs is 1. The normalized spacial score (nSPS) is 18.4. The third-order valence-corrected chi connectivity index (χ3v) is 7.29. The van der Waals surface area contributed by atoms with E-state index in [1.807, 2.05) is 29.2 Å². The van der Waals surface area contributed by atoms with Gasteiger partial charge in [-0.2, -0.15) is 0 Å². The lowest BCUT2D eigenvalue weighted by atomic mass is 9.89. The van der Waals surface area contributed by atoms with Crippen LogP contribution in [0.25, 0.3) is 11.0 Å². The first kappa shape index (κ1) is 23.2. The van der Waals surface area contributed by atoms with Crippen LogP contribution in [0.2, 0.25) is 0 Å². The van der Waals surface area contributed by atoms with Crippen LogP contribution in [0.3, 0.4) is 0 Å². The fourth-order valence-corrected chi connectivity index (χ4v) is 5.21. The Hall–Kier alpha value is -1.92. The molecule has 1 saturated heterocycles. The molecule has 176 valence electrons. The largest absolute Gasteiger partial charge is 0.356 e. The van der Waals surface area contributed by atoms with Gasteiger partial charge < -0.3 is 20.1 Å². The number of benzene rings is 1.